The number of hydrogen-bond acceptors (Lipinski definition) is 4. The van der Waals surface area contributed by atoms with Crippen molar-refractivity contribution in [2.45, 2.75) is 31.0 Å². The van der Waals surface area contributed by atoms with E-state index in [1.807, 2.05) is 24.4 Å². The SMILES string of the molecule is O=C(NCCCCN1C=C2C=CC=C3NCC(C1)N23)C(F)(F)C(F)(F)F. The minimum absolute atomic E-state index is 0.223. The van der Waals surface area contributed by atoms with Gasteiger partial charge in [0.1, 0.15) is 5.82 Å². The van der Waals surface area contributed by atoms with Crippen LogP contribution < -0.4 is 10.6 Å². The van der Waals surface area contributed by atoms with Crippen LogP contribution in [0.3, 0.4) is 0 Å². The first-order chi connectivity index (χ1) is 12.2. The fraction of sp³-hybridized carbons (Fsp3) is 0.562. The van der Waals surface area contributed by atoms with E-state index in [0.29, 0.717) is 25.4 Å². The van der Waals surface area contributed by atoms with Crippen LogP contribution in [0.2, 0.25) is 0 Å². The Balaban J connectivity index is 1.42. The Morgan fingerprint density at radius 1 is 1.27 bits per heavy atom. The summed E-state index contributed by atoms with van der Waals surface area (Å²) < 4.78 is 61.8. The van der Waals surface area contributed by atoms with Crippen LogP contribution in [0.15, 0.2) is 35.9 Å². The van der Waals surface area contributed by atoms with Crippen LogP contribution in [0.5, 0.6) is 0 Å². The third-order valence-electron chi connectivity index (χ3n) is 4.50. The number of allylic oxidation sites excluding steroid dienone is 3. The number of amides is 1. The zero-order valence-electron chi connectivity index (χ0n) is 13.8. The lowest BCUT2D eigenvalue weighted by atomic mass is 10.1. The van der Waals surface area contributed by atoms with E-state index < -0.39 is 18.0 Å². The van der Waals surface area contributed by atoms with Crippen molar-refractivity contribution in [3.05, 3.63) is 35.9 Å². The van der Waals surface area contributed by atoms with Crippen LogP contribution in [-0.4, -0.2) is 60.0 Å². The summed E-state index contributed by atoms with van der Waals surface area (Å²) in [5, 5.41) is 4.98. The molecular weight excluding hydrogens is 359 g/mol. The second-order valence-corrected chi connectivity index (χ2v) is 6.40. The summed E-state index contributed by atoms with van der Waals surface area (Å²) in [6.07, 6.45) is 2.96. The molecule has 1 amide bonds. The number of carbonyl (C=O) groups excluding carboxylic acids is 1. The summed E-state index contributed by atoms with van der Waals surface area (Å²) in [4.78, 5) is 15.3. The van der Waals surface area contributed by atoms with Crippen molar-refractivity contribution in [2.75, 3.05) is 26.2 Å². The first-order valence-corrected chi connectivity index (χ1v) is 8.30. The summed E-state index contributed by atoms with van der Waals surface area (Å²) in [5.41, 5.74) is 1.06. The maximum absolute atomic E-state index is 12.8. The molecule has 3 aliphatic heterocycles. The highest BCUT2D eigenvalue weighted by Gasteiger charge is 2.63. The molecule has 0 spiro atoms. The maximum atomic E-state index is 12.8. The highest BCUT2D eigenvalue weighted by Crippen LogP contribution is 2.35. The van der Waals surface area contributed by atoms with E-state index in [9.17, 15) is 26.7 Å². The molecule has 3 aliphatic rings. The number of alkyl halides is 5. The molecule has 0 saturated carbocycles. The van der Waals surface area contributed by atoms with Crippen LogP contribution in [0, 0.1) is 0 Å². The third-order valence-corrected chi connectivity index (χ3v) is 4.50. The number of carbonyl (C=O) groups is 1. The number of hydrogen-bond donors (Lipinski definition) is 2. The quantitative estimate of drug-likeness (QED) is 0.548. The molecule has 26 heavy (non-hydrogen) atoms. The lowest BCUT2D eigenvalue weighted by Crippen LogP contribution is -2.50. The van der Waals surface area contributed by atoms with Crippen molar-refractivity contribution in [3.8, 4) is 0 Å². The lowest BCUT2D eigenvalue weighted by molar-refractivity contribution is -0.269. The van der Waals surface area contributed by atoms with Crippen molar-refractivity contribution in [1.29, 1.82) is 0 Å². The van der Waals surface area contributed by atoms with E-state index in [0.717, 1.165) is 24.6 Å². The minimum atomic E-state index is -5.88. The van der Waals surface area contributed by atoms with Crippen LogP contribution in [0.1, 0.15) is 12.8 Å². The monoisotopic (exact) mass is 378 g/mol. The Hall–Kier alpha value is -2.26. The van der Waals surface area contributed by atoms with Crippen molar-refractivity contribution in [3.63, 3.8) is 0 Å². The average Bonchev–Trinajstić information content (AvgIpc) is 2.98. The van der Waals surface area contributed by atoms with Crippen LogP contribution in [-0.2, 0) is 4.79 Å². The minimum Gasteiger partial charge on any atom is -0.374 e. The lowest BCUT2D eigenvalue weighted by Gasteiger charge is -2.38. The van der Waals surface area contributed by atoms with E-state index in [1.54, 1.807) is 5.32 Å². The molecule has 0 aromatic heterocycles. The van der Waals surface area contributed by atoms with Crippen LogP contribution in [0.25, 0.3) is 0 Å². The number of nitrogens with one attached hydrogen (secondary N) is 2. The first kappa shape index (κ1) is 18.5. The second kappa shape index (κ2) is 6.81. The second-order valence-electron chi connectivity index (χ2n) is 6.40. The summed E-state index contributed by atoms with van der Waals surface area (Å²) >= 11 is 0. The standard InChI is InChI=1S/C16H19F5N4O/c17-15(18,16(19,20)21)14(26)22-6-1-2-7-24-9-11-4-3-5-13-23-8-12(10-24)25(11)13/h3-5,9,12,23H,1-2,6-8,10H2,(H,22,26). The van der Waals surface area contributed by atoms with Gasteiger partial charge in [-0.1, -0.05) is 6.08 Å². The first-order valence-electron chi connectivity index (χ1n) is 8.30. The van der Waals surface area contributed by atoms with Crippen molar-refractivity contribution >= 4 is 5.91 Å². The van der Waals surface area contributed by atoms with Gasteiger partial charge in [-0.2, -0.15) is 22.0 Å². The molecule has 0 radical (unpaired) electrons. The van der Waals surface area contributed by atoms with Crippen molar-refractivity contribution in [1.82, 2.24) is 20.4 Å². The molecule has 0 aromatic rings. The molecule has 3 rings (SSSR count). The van der Waals surface area contributed by atoms with E-state index >= 15 is 0 Å². The van der Waals surface area contributed by atoms with Gasteiger partial charge in [-0.15, -0.1) is 0 Å². The number of rotatable bonds is 6. The van der Waals surface area contributed by atoms with E-state index in [1.165, 1.54) is 0 Å². The molecule has 1 atom stereocenters. The van der Waals surface area contributed by atoms with Crippen molar-refractivity contribution in [2.24, 2.45) is 0 Å². The molecule has 0 aliphatic carbocycles. The number of nitrogens with zero attached hydrogens (tertiary/aromatic N) is 2. The number of halogens is 5. The van der Waals surface area contributed by atoms with Gasteiger partial charge in [0.05, 0.1) is 11.7 Å². The van der Waals surface area contributed by atoms with E-state index in [4.69, 9.17) is 0 Å². The largest absolute Gasteiger partial charge is 0.463 e. The fourth-order valence-electron chi connectivity index (χ4n) is 3.20. The summed E-state index contributed by atoms with van der Waals surface area (Å²) in [7, 11) is 0. The molecular formula is C16H19F5N4O. The summed E-state index contributed by atoms with van der Waals surface area (Å²) in [6.45, 7) is 2.02. The summed E-state index contributed by atoms with van der Waals surface area (Å²) in [6, 6.07) is 0.302. The molecule has 5 nitrogen and oxygen atoms in total. The average molecular weight is 378 g/mol. The Bertz CT molecular complexity index is 656. The van der Waals surface area contributed by atoms with E-state index in [-0.39, 0.29) is 6.54 Å². The van der Waals surface area contributed by atoms with Crippen LogP contribution >= 0.6 is 0 Å². The maximum Gasteiger partial charge on any atom is 0.463 e. The molecule has 144 valence electrons. The highest BCUT2D eigenvalue weighted by molar-refractivity contribution is 5.84. The van der Waals surface area contributed by atoms with Gasteiger partial charge in [-0.25, -0.2) is 0 Å². The zero-order chi connectivity index (χ0) is 18.9. The summed E-state index contributed by atoms with van der Waals surface area (Å²) in [5.74, 6) is -6.59. The van der Waals surface area contributed by atoms with E-state index in [2.05, 4.69) is 15.1 Å². The van der Waals surface area contributed by atoms with Gasteiger partial charge < -0.3 is 20.4 Å². The molecule has 10 heteroatoms. The van der Waals surface area contributed by atoms with Gasteiger partial charge >= 0.3 is 12.1 Å². The Kier molecular flexibility index (Phi) is 4.85. The normalized spacial score (nSPS) is 21.8. The van der Waals surface area contributed by atoms with Gasteiger partial charge in [0, 0.05) is 32.4 Å². The Labute approximate surface area is 147 Å². The molecule has 0 aromatic carbocycles. The third kappa shape index (κ3) is 3.49. The topological polar surface area (TPSA) is 47.6 Å². The van der Waals surface area contributed by atoms with Gasteiger partial charge in [0.15, 0.2) is 0 Å². The predicted molar refractivity (Wildman–Crippen MR) is 83.8 cm³/mol. The van der Waals surface area contributed by atoms with Crippen molar-refractivity contribution < 1.29 is 26.7 Å². The van der Waals surface area contributed by atoms with Gasteiger partial charge in [0.25, 0.3) is 5.91 Å². The molecule has 1 fully saturated rings. The molecule has 1 unspecified atom stereocenters. The predicted octanol–water partition coefficient (Wildman–Crippen LogP) is 1.92. The van der Waals surface area contributed by atoms with Gasteiger partial charge in [-0.3, -0.25) is 4.79 Å². The molecule has 2 N–H and O–H groups in total. The Morgan fingerprint density at radius 3 is 2.77 bits per heavy atom. The smallest absolute Gasteiger partial charge is 0.374 e. The fourth-order valence-corrected chi connectivity index (χ4v) is 3.20. The van der Waals surface area contributed by atoms with Crippen LogP contribution in [0.4, 0.5) is 22.0 Å². The zero-order valence-corrected chi connectivity index (χ0v) is 13.8. The van der Waals surface area contributed by atoms with Gasteiger partial charge in [-0.05, 0) is 25.0 Å². The van der Waals surface area contributed by atoms with Gasteiger partial charge in [0.2, 0.25) is 0 Å². The number of unbranched alkanes of at least 4 members (excludes halogenated alkanes) is 1. The molecule has 0 bridgehead atoms. The Morgan fingerprint density at radius 2 is 2.04 bits per heavy atom. The molecule has 3 heterocycles. The highest BCUT2D eigenvalue weighted by atomic mass is 19.4. The molecule has 1 saturated heterocycles.